The summed E-state index contributed by atoms with van der Waals surface area (Å²) in [7, 11) is 0. The van der Waals surface area contributed by atoms with Gasteiger partial charge in [-0.05, 0) is 21.7 Å². The maximum atomic E-state index is 4.32. The van der Waals surface area contributed by atoms with Gasteiger partial charge in [0.1, 0.15) is 0 Å². The van der Waals surface area contributed by atoms with Crippen LogP contribution >= 0.6 is 15.9 Å². The van der Waals surface area contributed by atoms with Crippen LogP contribution < -0.4 is 0 Å². The molecule has 0 aliphatic rings. The lowest BCUT2D eigenvalue weighted by molar-refractivity contribution is 0.559. The van der Waals surface area contributed by atoms with E-state index in [0.717, 1.165) is 16.5 Å². The van der Waals surface area contributed by atoms with Crippen LogP contribution in [0.25, 0.3) is 29.0 Å². The average molecular weight is 347 g/mol. The lowest BCUT2D eigenvalue weighted by atomic mass is 10.1. The molecule has 0 aliphatic carbocycles. The zero-order chi connectivity index (χ0) is 14.7. The van der Waals surface area contributed by atoms with Crippen molar-refractivity contribution in [2.24, 2.45) is 0 Å². The molecule has 0 saturated heterocycles. The molecule has 106 valence electrons. The molecule has 0 amide bonds. The molecule has 0 atom stereocenters. The Morgan fingerprint density at radius 2 is 2.05 bits per heavy atom. The molecular formula is C12H11BrN8. The predicted octanol–water partition coefficient (Wildman–Crippen LogP) is 1.49. The molecule has 0 aliphatic heterocycles. The van der Waals surface area contributed by atoms with Crippen LogP contribution in [-0.4, -0.2) is 45.7 Å². The van der Waals surface area contributed by atoms with Gasteiger partial charge < -0.3 is 0 Å². The molecule has 0 spiro atoms. The highest BCUT2D eigenvalue weighted by Crippen LogP contribution is 2.22. The Bertz CT molecular complexity index is 762. The summed E-state index contributed by atoms with van der Waals surface area (Å²) < 4.78 is 1.51. The van der Waals surface area contributed by atoms with Gasteiger partial charge in [-0.1, -0.05) is 40.7 Å². The van der Waals surface area contributed by atoms with E-state index in [2.05, 4.69) is 53.4 Å². The minimum Gasteiger partial charge on any atom is -0.201 e. The number of hydrogen-bond donors (Lipinski definition) is 0. The largest absolute Gasteiger partial charge is 0.204 e. The Kier molecular flexibility index (Phi) is 3.82. The second-order valence-electron chi connectivity index (χ2n) is 4.11. The van der Waals surface area contributed by atoms with Crippen LogP contribution in [0.5, 0.6) is 0 Å². The number of benzene rings is 1. The molecule has 0 N–H and O–H groups in total. The van der Waals surface area contributed by atoms with E-state index in [1.165, 1.54) is 4.68 Å². The van der Waals surface area contributed by atoms with E-state index >= 15 is 0 Å². The van der Waals surface area contributed by atoms with E-state index in [4.69, 9.17) is 0 Å². The Labute approximate surface area is 128 Å². The van der Waals surface area contributed by atoms with Crippen molar-refractivity contribution in [3.05, 3.63) is 30.8 Å². The third kappa shape index (κ3) is 2.72. The molecule has 0 bridgehead atoms. The number of hydrogen-bond acceptors (Lipinski definition) is 6. The van der Waals surface area contributed by atoms with Gasteiger partial charge in [-0.2, -0.15) is 4.80 Å². The highest BCUT2D eigenvalue weighted by molar-refractivity contribution is 9.09. The SMILES string of the molecule is C=Cn1nnnc1-c1cccc(-c2nnn(CCBr)n2)c1. The first kappa shape index (κ1) is 13.6. The standard InChI is InChI=1S/C12H11BrN8/c1-2-20-12(15-17-19-20)10-5-3-4-9(8-10)11-14-18-21(16-11)7-6-13/h2-5,8H,1,6-7H2. The molecular weight excluding hydrogens is 336 g/mol. The molecule has 21 heavy (non-hydrogen) atoms. The molecule has 0 unspecified atom stereocenters. The first-order valence-electron chi connectivity index (χ1n) is 6.17. The van der Waals surface area contributed by atoms with E-state index in [-0.39, 0.29) is 0 Å². The third-order valence-electron chi connectivity index (χ3n) is 2.78. The van der Waals surface area contributed by atoms with Gasteiger partial charge in [0.25, 0.3) is 0 Å². The number of nitrogens with zero attached hydrogens (tertiary/aromatic N) is 8. The van der Waals surface area contributed by atoms with E-state index in [0.29, 0.717) is 18.2 Å². The van der Waals surface area contributed by atoms with E-state index in [1.54, 1.807) is 11.0 Å². The molecule has 2 aromatic heterocycles. The number of alkyl halides is 1. The molecule has 0 fully saturated rings. The first-order valence-corrected chi connectivity index (χ1v) is 7.29. The molecule has 2 heterocycles. The van der Waals surface area contributed by atoms with Crippen molar-refractivity contribution in [2.75, 3.05) is 5.33 Å². The number of aryl methyl sites for hydroxylation is 1. The van der Waals surface area contributed by atoms with E-state index in [1.807, 2.05) is 24.3 Å². The molecule has 1 aromatic carbocycles. The van der Waals surface area contributed by atoms with Crippen LogP contribution in [0.4, 0.5) is 0 Å². The van der Waals surface area contributed by atoms with Gasteiger partial charge in [-0.3, -0.25) is 0 Å². The zero-order valence-electron chi connectivity index (χ0n) is 11.0. The minimum absolute atomic E-state index is 0.565. The summed E-state index contributed by atoms with van der Waals surface area (Å²) in [6.07, 6.45) is 1.55. The van der Waals surface area contributed by atoms with Crippen molar-refractivity contribution < 1.29 is 0 Å². The fourth-order valence-corrected chi connectivity index (χ4v) is 2.15. The zero-order valence-corrected chi connectivity index (χ0v) is 12.5. The molecule has 9 heteroatoms. The summed E-state index contributed by atoms with van der Waals surface area (Å²) in [4.78, 5) is 1.55. The predicted molar refractivity (Wildman–Crippen MR) is 80.2 cm³/mol. The number of rotatable bonds is 5. The van der Waals surface area contributed by atoms with Crippen LogP contribution in [0, 0.1) is 0 Å². The highest BCUT2D eigenvalue weighted by atomic mass is 79.9. The smallest absolute Gasteiger partial charge is 0.201 e. The highest BCUT2D eigenvalue weighted by Gasteiger charge is 2.10. The molecule has 8 nitrogen and oxygen atoms in total. The topological polar surface area (TPSA) is 87.2 Å². The fraction of sp³-hybridized carbons (Fsp3) is 0.167. The summed E-state index contributed by atoms with van der Waals surface area (Å²) in [5.74, 6) is 1.18. The monoisotopic (exact) mass is 346 g/mol. The van der Waals surface area contributed by atoms with Crippen molar-refractivity contribution in [2.45, 2.75) is 6.54 Å². The van der Waals surface area contributed by atoms with Crippen LogP contribution in [0.2, 0.25) is 0 Å². The fourth-order valence-electron chi connectivity index (χ4n) is 1.83. The third-order valence-corrected chi connectivity index (χ3v) is 3.14. The van der Waals surface area contributed by atoms with Crippen molar-refractivity contribution in [1.29, 1.82) is 0 Å². The van der Waals surface area contributed by atoms with Gasteiger partial charge in [0.05, 0.1) is 6.54 Å². The lowest BCUT2D eigenvalue weighted by Crippen LogP contribution is -2.03. The summed E-state index contributed by atoms with van der Waals surface area (Å²) in [6.45, 7) is 4.34. The normalized spacial score (nSPS) is 10.7. The summed E-state index contributed by atoms with van der Waals surface area (Å²) >= 11 is 3.34. The van der Waals surface area contributed by atoms with Gasteiger partial charge >= 0.3 is 0 Å². The van der Waals surface area contributed by atoms with E-state index in [9.17, 15) is 0 Å². The van der Waals surface area contributed by atoms with Crippen molar-refractivity contribution >= 4 is 22.1 Å². The summed E-state index contributed by atoms with van der Waals surface area (Å²) in [6, 6.07) is 7.65. The number of aromatic nitrogens is 8. The van der Waals surface area contributed by atoms with Gasteiger partial charge in [0.2, 0.25) is 5.82 Å². The van der Waals surface area contributed by atoms with Crippen LogP contribution in [-0.2, 0) is 6.54 Å². The molecule has 3 rings (SSSR count). The number of halogens is 1. The van der Waals surface area contributed by atoms with Crippen LogP contribution in [0.15, 0.2) is 30.8 Å². The second-order valence-corrected chi connectivity index (χ2v) is 4.90. The average Bonchev–Trinajstić information content (AvgIpc) is 3.16. The quantitative estimate of drug-likeness (QED) is 0.650. The first-order chi connectivity index (χ1) is 10.3. The molecule has 0 saturated carbocycles. The van der Waals surface area contributed by atoms with Gasteiger partial charge in [0.15, 0.2) is 5.82 Å². The Morgan fingerprint density at radius 3 is 2.86 bits per heavy atom. The van der Waals surface area contributed by atoms with Gasteiger partial charge in [-0.15, -0.1) is 15.3 Å². The van der Waals surface area contributed by atoms with E-state index < -0.39 is 0 Å². The molecule has 0 radical (unpaired) electrons. The van der Waals surface area contributed by atoms with Gasteiger partial charge in [0, 0.05) is 22.7 Å². The lowest BCUT2D eigenvalue weighted by Gasteiger charge is -2.01. The Hall–Kier alpha value is -2.42. The summed E-state index contributed by atoms with van der Waals surface area (Å²) in [5, 5.41) is 24.6. The van der Waals surface area contributed by atoms with Crippen LogP contribution in [0.3, 0.4) is 0 Å². The minimum atomic E-state index is 0.565. The Balaban J connectivity index is 1.97. The second kappa shape index (κ2) is 5.92. The maximum absolute atomic E-state index is 4.32. The maximum Gasteiger partial charge on any atom is 0.204 e. The summed E-state index contributed by atoms with van der Waals surface area (Å²) in [5.41, 5.74) is 1.71. The van der Waals surface area contributed by atoms with Crippen molar-refractivity contribution in [1.82, 2.24) is 40.4 Å². The van der Waals surface area contributed by atoms with Crippen LogP contribution in [0.1, 0.15) is 0 Å². The van der Waals surface area contributed by atoms with Gasteiger partial charge in [-0.25, -0.2) is 4.68 Å². The number of tetrazole rings is 2. The van der Waals surface area contributed by atoms with Crippen molar-refractivity contribution in [3.8, 4) is 22.8 Å². The Morgan fingerprint density at radius 1 is 1.19 bits per heavy atom. The van der Waals surface area contributed by atoms with Crippen molar-refractivity contribution in [3.63, 3.8) is 0 Å². The molecule has 3 aromatic rings.